The first-order valence-electron chi connectivity index (χ1n) is 5.64. The fourth-order valence-corrected chi connectivity index (χ4v) is 2.10. The summed E-state index contributed by atoms with van der Waals surface area (Å²) in [7, 11) is 2.79. The van der Waals surface area contributed by atoms with Gasteiger partial charge in [0.2, 0.25) is 0 Å². The molecule has 0 radical (unpaired) electrons. The zero-order valence-electron chi connectivity index (χ0n) is 11.1. The van der Waals surface area contributed by atoms with E-state index in [2.05, 4.69) is 10.1 Å². The van der Waals surface area contributed by atoms with E-state index in [0.29, 0.717) is 17.1 Å². The highest BCUT2D eigenvalue weighted by molar-refractivity contribution is 7.98. The minimum atomic E-state index is -0.669. The Morgan fingerprint density at radius 1 is 1.32 bits per heavy atom. The van der Waals surface area contributed by atoms with Gasteiger partial charge in [0.15, 0.2) is 0 Å². The average Bonchev–Trinajstić information content (AvgIpc) is 2.45. The van der Waals surface area contributed by atoms with Crippen LogP contribution < -0.4 is 10.1 Å². The minimum Gasteiger partial charge on any atom is -0.496 e. The normalized spacial score (nSPS) is 11.5. The predicted molar refractivity (Wildman–Crippen MR) is 74.6 cm³/mol. The highest BCUT2D eigenvalue weighted by Crippen LogP contribution is 2.17. The second-order valence-electron chi connectivity index (χ2n) is 3.70. The molecule has 0 aliphatic rings. The van der Waals surface area contributed by atoms with Crippen LogP contribution in [0.15, 0.2) is 24.3 Å². The zero-order valence-corrected chi connectivity index (χ0v) is 12.0. The average molecular weight is 283 g/mol. The number of hydrogen-bond acceptors (Lipinski definition) is 5. The van der Waals surface area contributed by atoms with Crippen LogP contribution in [0.4, 0.5) is 0 Å². The molecule has 1 aromatic carbocycles. The molecule has 1 unspecified atom stereocenters. The summed E-state index contributed by atoms with van der Waals surface area (Å²) in [6.07, 6.45) is 1.85. The van der Waals surface area contributed by atoms with Crippen LogP contribution >= 0.6 is 11.8 Å². The molecule has 0 saturated carbocycles. The maximum absolute atomic E-state index is 12.1. The fourth-order valence-electron chi connectivity index (χ4n) is 1.55. The molecule has 0 spiro atoms. The lowest BCUT2D eigenvalue weighted by Gasteiger charge is -2.16. The molecule has 1 N–H and O–H groups in total. The van der Waals surface area contributed by atoms with Crippen molar-refractivity contribution >= 4 is 23.6 Å². The van der Waals surface area contributed by atoms with Gasteiger partial charge in [0.1, 0.15) is 11.8 Å². The summed E-state index contributed by atoms with van der Waals surface area (Å²) >= 11 is 1.45. The lowest BCUT2D eigenvalue weighted by Crippen LogP contribution is -2.43. The summed E-state index contributed by atoms with van der Waals surface area (Å²) < 4.78 is 9.77. The van der Waals surface area contributed by atoms with Crippen molar-refractivity contribution in [2.45, 2.75) is 6.04 Å². The Kier molecular flexibility index (Phi) is 6.21. The maximum Gasteiger partial charge on any atom is 0.329 e. The molecule has 0 aliphatic carbocycles. The lowest BCUT2D eigenvalue weighted by molar-refractivity contribution is -0.142. The number of rotatable bonds is 6. The molecular weight excluding hydrogens is 266 g/mol. The third kappa shape index (κ3) is 4.17. The summed E-state index contributed by atoms with van der Waals surface area (Å²) in [5.41, 5.74) is 0.389. The van der Waals surface area contributed by atoms with Crippen LogP contribution in [0, 0.1) is 0 Å². The van der Waals surface area contributed by atoms with Crippen LogP contribution in [0.25, 0.3) is 0 Å². The van der Waals surface area contributed by atoms with Gasteiger partial charge in [-0.3, -0.25) is 4.79 Å². The Hall–Kier alpha value is -1.69. The maximum atomic E-state index is 12.1. The van der Waals surface area contributed by atoms with Crippen molar-refractivity contribution in [2.75, 3.05) is 26.2 Å². The molecule has 0 saturated heterocycles. The van der Waals surface area contributed by atoms with E-state index in [4.69, 9.17) is 4.74 Å². The standard InChI is InChI=1S/C13H17NO4S/c1-17-11-7-5-4-6-9(11)12(15)14-10(8-19-3)13(16)18-2/h4-7,10H,8H2,1-3H3,(H,14,15). The van der Waals surface area contributed by atoms with E-state index in [-0.39, 0.29) is 5.91 Å². The summed E-state index contributed by atoms with van der Waals surface area (Å²) in [6.45, 7) is 0. The van der Waals surface area contributed by atoms with Gasteiger partial charge in [-0.15, -0.1) is 0 Å². The van der Waals surface area contributed by atoms with Crippen LogP contribution in [0.2, 0.25) is 0 Å². The Morgan fingerprint density at radius 2 is 2.00 bits per heavy atom. The smallest absolute Gasteiger partial charge is 0.329 e. The number of carbonyl (C=O) groups is 2. The van der Waals surface area contributed by atoms with Gasteiger partial charge >= 0.3 is 5.97 Å². The minimum absolute atomic E-state index is 0.359. The van der Waals surface area contributed by atoms with Crippen LogP contribution in [0.3, 0.4) is 0 Å². The fraction of sp³-hybridized carbons (Fsp3) is 0.385. The number of thioether (sulfide) groups is 1. The number of esters is 1. The second kappa shape index (κ2) is 7.68. The number of amides is 1. The topological polar surface area (TPSA) is 64.6 Å². The van der Waals surface area contributed by atoms with Gasteiger partial charge in [-0.1, -0.05) is 12.1 Å². The van der Waals surface area contributed by atoms with Crippen LogP contribution in [-0.2, 0) is 9.53 Å². The first kappa shape index (κ1) is 15.4. The van der Waals surface area contributed by atoms with Gasteiger partial charge in [-0.25, -0.2) is 4.79 Å². The molecule has 6 heteroatoms. The Bertz CT molecular complexity index is 450. The SMILES string of the molecule is COC(=O)C(CSC)NC(=O)c1ccccc1OC. The molecule has 0 fully saturated rings. The van der Waals surface area contributed by atoms with E-state index in [1.54, 1.807) is 24.3 Å². The Labute approximate surface area is 116 Å². The lowest BCUT2D eigenvalue weighted by atomic mass is 10.1. The highest BCUT2D eigenvalue weighted by Gasteiger charge is 2.22. The Morgan fingerprint density at radius 3 is 2.58 bits per heavy atom. The van der Waals surface area contributed by atoms with Crippen LogP contribution in [0.5, 0.6) is 5.75 Å². The van der Waals surface area contributed by atoms with E-state index in [1.807, 2.05) is 6.26 Å². The first-order chi connectivity index (χ1) is 9.13. The molecule has 0 aliphatic heterocycles. The van der Waals surface area contributed by atoms with Gasteiger partial charge < -0.3 is 14.8 Å². The molecule has 1 atom stereocenters. The van der Waals surface area contributed by atoms with Crippen molar-refractivity contribution < 1.29 is 19.1 Å². The number of nitrogens with one attached hydrogen (secondary N) is 1. The summed E-state index contributed by atoms with van der Waals surface area (Å²) in [4.78, 5) is 23.7. The van der Waals surface area contributed by atoms with Gasteiger partial charge in [-0.05, 0) is 18.4 Å². The Balaban J connectivity index is 2.84. The van der Waals surface area contributed by atoms with E-state index in [1.165, 1.54) is 26.0 Å². The predicted octanol–water partition coefficient (Wildman–Crippen LogP) is 1.33. The van der Waals surface area contributed by atoms with Crippen LogP contribution in [0.1, 0.15) is 10.4 Å². The second-order valence-corrected chi connectivity index (χ2v) is 4.62. The summed E-state index contributed by atoms with van der Waals surface area (Å²) in [5, 5.41) is 2.65. The van der Waals surface area contributed by atoms with E-state index in [0.717, 1.165) is 0 Å². The van der Waals surface area contributed by atoms with E-state index >= 15 is 0 Å². The van der Waals surface area contributed by atoms with Crippen molar-refractivity contribution in [3.8, 4) is 5.75 Å². The largest absolute Gasteiger partial charge is 0.496 e. The number of methoxy groups -OCH3 is 2. The molecule has 0 bridgehead atoms. The van der Waals surface area contributed by atoms with Gasteiger partial charge in [0.05, 0.1) is 19.8 Å². The highest BCUT2D eigenvalue weighted by atomic mass is 32.2. The summed E-state index contributed by atoms with van der Waals surface area (Å²) in [6, 6.07) is 6.17. The quantitative estimate of drug-likeness (QED) is 0.798. The number of para-hydroxylation sites is 1. The van der Waals surface area contributed by atoms with E-state index < -0.39 is 12.0 Å². The monoisotopic (exact) mass is 283 g/mol. The van der Waals surface area contributed by atoms with Gasteiger partial charge in [0, 0.05) is 5.75 Å². The first-order valence-corrected chi connectivity index (χ1v) is 7.04. The van der Waals surface area contributed by atoms with Crippen molar-refractivity contribution in [3.63, 3.8) is 0 Å². The molecule has 19 heavy (non-hydrogen) atoms. The van der Waals surface area contributed by atoms with E-state index in [9.17, 15) is 9.59 Å². The van der Waals surface area contributed by atoms with Crippen molar-refractivity contribution in [2.24, 2.45) is 0 Å². The molecule has 0 heterocycles. The van der Waals surface area contributed by atoms with Crippen molar-refractivity contribution in [3.05, 3.63) is 29.8 Å². The zero-order chi connectivity index (χ0) is 14.3. The molecule has 1 aromatic rings. The summed E-state index contributed by atoms with van der Waals surface area (Å²) in [5.74, 6) is 0.0976. The molecular formula is C13H17NO4S. The molecule has 0 aromatic heterocycles. The van der Waals surface area contributed by atoms with Crippen molar-refractivity contribution in [1.82, 2.24) is 5.32 Å². The molecule has 1 rings (SSSR count). The third-order valence-electron chi connectivity index (χ3n) is 2.48. The third-order valence-corrected chi connectivity index (χ3v) is 3.14. The number of benzene rings is 1. The van der Waals surface area contributed by atoms with Crippen LogP contribution in [-0.4, -0.2) is 44.1 Å². The molecule has 1 amide bonds. The number of hydrogen-bond donors (Lipinski definition) is 1. The van der Waals surface area contributed by atoms with Gasteiger partial charge in [0.25, 0.3) is 5.91 Å². The molecule has 104 valence electrons. The molecule has 5 nitrogen and oxygen atoms in total. The van der Waals surface area contributed by atoms with Gasteiger partial charge in [-0.2, -0.15) is 11.8 Å². The number of carbonyl (C=O) groups excluding carboxylic acids is 2. The van der Waals surface area contributed by atoms with Crippen molar-refractivity contribution in [1.29, 1.82) is 0 Å². The number of ether oxygens (including phenoxy) is 2.